The van der Waals surface area contributed by atoms with Crippen LogP contribution in [0.4, 0.5) is 10.1 Å². The molecule has 4 rings (SSSR count). The SMILES string of the molecule is COc1ccc(/C=C2\SC(=Nc3ccccc3F)NC2=O)c2ccccc12. The van der Waals surface area contributed by atoms with Crippen molar-refractivity contribution in [1.29, 1.82) is 0 Å². The number of carbonyl (C=O) groups excluding carboxylic acids is 1. The number of para-hydroxylation sites is 1. The van der Waals surface area contributed by atoms with Gasteiger partial charge in [0.05, 0.1) is 12.0 Å². The van der Waals surface area contributed by atoms with Gasteiger partial charge in [0.25, 0.3) is 5.91 Å². The van der Waals surface area contributed by atoms with E-state index < -0.39 is 5.82 Å². The molecular weight excluding hydrogens is 363 g/mol. The Hall–Kier alpha value is -3.12. The number of nitrogens with one attached hydrogen (secondary N) is 1. The largest absolute Gasteiger partial charge is 0.496 e. The zero-order valence-corrected chi connectivity index (χ0v) is 15.2. The number of ether oxygens (including phenoxy) is 1. The normalized spacial score (nSPS) is 16.9. The first-order valence-electron chi connectivity index (χ1n) is 8.25. The second-order valence-corrected chi connectivity index (χ2v) is 6.87. The van der Waals surface area contributed by atoms with E-state index in [0.717, 1.165) is 22.1 Å². The van der Waals surface area contributed by atoms with Crippen LogP contribution < -0.4 is 10.1 Å². The van der Waals surface area contributed by atoms with Gasteiger partial charge in [-0.1, -0.05) is 42.5 Å². The minimum Gasteiger partial charge on any atom is -0.496 e. The molecule has 0 bridgehead atoms. The Bertz CT molecular complexity index is 1110. The maximum Gasteiger partial charge on any atom is 0.264 e. The first-order chi connectivity index (χ1) is 13.2. The molecule has 0 radical (unpaired) electrons. The van der Waals surface area contributed by atoms with E-state index in [1.807, 2.05) is 42.5 Å². The Labute approximate surface area is 159 Å². The van der Waals surface area contributed by atoms with Crippen LogP contribution in [0, 0.1) is 5.82 Å². The number of amides is 1. The van der Waals surface area contributed by atoms with Gasteiger partial charge in [0, 0.05) is 5.39 Å². The summed E-state index contributed by atoms with van der Waals surface area (Å²) in [6, 6.07) is 17.8. The summed E-state index contributed by atoms with van der Waals surface area (Å²) in [7, 11) is 1.63. The number of carbonyl (C=O) groups is 1. The van der Waals surface area contributed by atoms with Gasteiger partial charge in [0.15, 0.2) is 5.17 Å². The van der Waals surface area contributed by atoms with Crippen molar-refractivity contribution >= 4 is 45.4 Å². The number of aliphatic imine (C=N–C) groups is 1. The average molecular weight is 378 g/mol. The lowest BCUT2D eigenvalue weighted by Crippen LogP contribution is -2.19. The van der Waals surface area contributed by atoms with Crippen molar-refractivity contribution in [3.05, 3.63) is 76.9 Å². The van der Waals surface area contributed by atoms with Crippen LogP contribution in [-0.2, 0) is 4.79 Å². The summed E-state index contributed by atoms with van der Waals surface area (Å²) in [5.74, 6) is 0.0893. The second kappa shape index (κ2) is 7.25. The Morgan fingerprint density at radius 1 is 1.04 bits per heavy atom. The van der Waals surface area contributed by atoms with Gasteiger partial charge in [-0.3, -0.25) is 4.79 Å². The van der Waals surface area contributed by atoms with E-state index in [4.69, 9.17) is 4.74 Å². The van der Waals surface area contributed by atoms with Gasteiger partial charge in [-0.2, -0.15) is 0 Å². The van der Waals surface area contributed by atoms with Crippen molar-refractivity contribution in [2.24, 2.45) is 4.99 Å². The van der Waals surface area contributed by atoms with Crippen LogP contribution >= 0.6 is 11.8 Å². The number of thioether (sulfide) groups is 1. The van der Waals surface area contributed by atoms with Crippen molar-refractivity contribution in [2.75, 3.05) is 7.11 Å². The van der Waals surface area contributed by atoms with Crippen LogP contribution in [0.2, 0.25) is 0 Å². The van der Waals surface area contributed by atoms with Gasteiger partial charge in [-0.15, -0.1) is 0 Å². The maximum atomic E-state index is 13.8. The molecule has 1 heterocycles. The van der Waals surface area contributed by atoms with Gasteiger partial charge in [0.1, 0.15) is 17.3 Å². The number of benzene rings is 3. The molecule has 1 N–H and O–H groups in total. The molecule has 1 aliphatic heterocycles. The van der Waals surface area contributed by atoms with Crippen LogP contribution in [-0.4, -0.2) is 18.2 Å². The molecule has 1 aliphatic rings. The van der Waals surface area contributed by atoms with Gasteiger partial charge in [-0.25, -0.2) is 9.38 Å². The average Bonchev–Trinajstić information content (AvgIpc) is 3.03. The van der Waals surface area contributed by atoms with Crippen molar-refractivity contribution in [1.82, 2.24) is 5.32 Å². The lowest BCUT2D eigenvalue weighted by atomic mass is 10.0. The molecule has 1 saturated heterocycles. The number of nitrogens with zero attached hydrogens (tertiary/aromatic N) is 1. The van der Waals surface area contributed by atoms with Crippen LogP contribution in [0.1, 0.15) is 5.56 Å². The molecule has 27 heavy (non-hydrogen) atoms. The lowest BCUT2D eigenvalue weighted by Gasteiger charge is -2.08. The van der Waals surface area contributed by atoms with E-state index in [9.17, 15) is 9.18 Å². The molecule has 4 nitrogen and oxygen atoms in total. The van der Waals surface area contributed by atoms with Gasteiger partial charge >= 0.3 is 0 Å². The molecule has 0 atom stereocenters. The number of halogens is 1. The number of fused-ring (bicyclic) bond motifs is 1. The quantitative estimate of drug-likeness (QED) is 0.661. The third kappa shape index (κ3) is 3.44. The van der Waals surface area contributed by atoms with Crippen molar-refractivity contribution in [2.45, 2.75) is 0 Å². The topological polar surface area (TPSA) is 50.7 Å². The molecule has 6 heteroatoms. The summed E-state index contributed by atoms with van der Waals surface area (Å²) in [6.07, 6.45) is 1.81. The molecule has 0 aliphatic carbocycles. The third-order valence-electron chi connectivity index (χ3n) is 4.15. The van der Waals surface area contributed by atoms with Crippen LogP contribution in [0.25, 0.3) is 16.8 Å². The van der Waals surface area contributed by atoms with E-state index in [1.54, 1.807) is 25.3 Å². The summed E-state index contributed by atoms with van der Waals surface area (Å²) in [4.78, 5) is 17.0. The Morgan fingerprint density at radius 3 is 2.56 bits per heavy atom. The smallest absolute Gasteiger partial charge is 0.264 e. The standard InChI is InChI=1S/C21H15FN2O2S/c1-26-18-11-10-13(14-6-2-3-7-15(14)18)12-19-20(25)24-21(27-19)23-17-9-5-4-8-16(17)22/h2-12H,1H3,(H,23,24,25)/b19-12-. The molecule has 0 unspecified atom stereocenters. The molecule has 3 aromatic rings. The third-order valence-corrected chi connectivity index (χ3v) is 5.06. The van der Waals surface area contributed by atoms with Gasteiger partial charge < -0.3 is 10.1 Å². The highest BCUT2D eigenvalue weighted by atomic mass is 32.2. The minimum absolute atomic E-state index is 0.191. The number of methoxy groups -OCH3 is 1. The summed E-state index contributed by atoms with van der Waals surface area (Å²) in [5.41, 5.74) is 1.09. The Balaban J connectivity index is 1.71. The van der Waals surface area contributed by atoms with Crippen molar-refractivity contribution < 1.29 is 13.9 Å². The first-order valence-corrected chi connectivity index (χ1v) is 9.07. The van der Waals surface area contributed by atoms with Crippen LogP contribution in [0.5, 0.6) is 5.75 Å². The van der Waals surface area contributed by atoms with Crippen molar-refractivity contribution in [3.63, 3.8) is 0 Å². The number of hydrogen-bond acceptors (Lipinski definition) is 4. The fourth-order valence-corrected chi connectivity index (χ4v) is 3.70. The summed E-state index contributed by atoms with van der Waals surface area (Å²) < 4.78 is 19.2. The number of hydrogen-bond donors (Lipinski definition) is 1. The van der Waals surface area contributed by atoms with Gasteiger partial charge in [-0.05, 0) is 47.0 Å². The van der Waals surface area contributed by atoms with Gasteiger partial charge in [0.2, 0.25) is 0 Å². The molecular formula is C21H15FN2O2S. The van der Waals surface area contributed by atoms with E-state index in [1.165, 1.54) is 17.8 Å². The number of amidine groups is 1. The summed E-state index contributed by atoms with van der Waals surface area (Å²) >= 11 is 1.19. The zero-order chi connectivity index (χ0) is 18.8. The first kappa shape index (κ1) is 17.3. The summed E-state index contributed by atoms with van der Waals surface area (Å²) in [5, 5.41) is 4.99. The lowest BCUT2D eigenvalue weighted by molar-refractivity contribution is -0.115. The van der Waals surface area contributed by atoms with E-state index in [2.05, 4.69) is 10.3 Å². The molecule has 1 amide bonds. The second-order valence-electron chi connectivity index (χ2n) is 5.84. The molecule has 0 aromatic heterocycles. The highest BCUT2D eigenvalue weighted by molar-refractivity contribution is 8.18. The predicted molar refractivity (Wildman–Crippen MR) is 108 cm³/mol. The fourth-order valence-electron chi connectivity index (χ4n) is 2.87. The van der Waals surface area contributed by atoms with Crippen molar-refractivity contribution in [3.8, 4) is 5.75 Å². The molecule has 1 fully saturated rings. The molecule has 0 spiro atoms. The fraction of sp³-hybridized carbons (Fsp3) is 0.0476. The monoisotopic (exact) mass is 378 g/mol. The molecule has 134 valence electrons. The zero-order valence-electron chi connectivity index (χ0n) is 14.4. The number of rotatable bonds is 3. The van der Waals surface area contributed by atoms with E-state index in [0.29, 0.717) is 10.1 Å². The van der Waals surface area contributed by atoms with E-state index in [-0.39, 0.29) is 11.6 Å². The highest BCUT2D eigenvalue weighted by Crippen LogP contribution is 2.33. The summed E-state index contributed by atoms with van der Waals surface area (Å²) in [6.45, 7) is 0. The minimum atomic E-state index is -0.432. The molecule has 0 saturated carbocycles. The highest BCUT2D eigenvalue weighted by Gasteiger charge is 2.24. The Kier molecular flexibility index (Phi) is 4.64. The Morgan fingerprint density at radius 2 is 1.78 bits per heavy atom. The van der Waals surface area contributed by atoms with E-state index >= 15 is 0 Å². The molecule has 3 aromatic carbocycles. The van der Waals surface area contributed by atoms with Crippen LogP contribution in [0.15, 0.2) is 70.6 Å². The maximum absolute atomic E-state index is 13.8. The van der Waals surface area contributed by atoms with Crippen LogP contribution in [0.3, 0.4) is 0 Å². The predicted octanol–water partition coefficient (Wildman–Crippen LogP) is 4.88.